The summed E-state index contributed by atoms with van der Waals surface area (Å²) in [6.07, 6.45) is 0. The van der Waals surface area contributed by atoms with E-state index in [0.29, 0.717) is 11.0 Å². The first-order chi connectivity index (χ1) is 10.5. The third kappa shape index (κ3) is 1.67. The summed E-state index contributed by atoms with van der Waals surface area (Å²) in [6, 6.07) is 7.39. The largest absolute Gasteiger partial charge is 0.350 e. The average Bonchev–Trinajstić information content (AvgIpc) is 2.50. The number of halogens is 2. The van der Waals surface area contributed by atoms with E-state index in [1.165, 1.54) is 24.3 Å². The van der Waals surface area contributed by atoms with Gasteiger partial charge in [0.2, 0.25) is 10.9 Å². The fourth-order valence-corrected chi connectivity index (χ4v) is 2.63. The number of benzene rings is 2. The molecule has 0 saturated heterocycles. The highest BCUT2D eigenvalue weighted by Crippen LogP contribution is 2.16. The summed E-state index contributed by atoms with van der Waals surface area (Å²) in [5.41, 5.74) is -0.178. The molecule has 0 bridgehead atoms. The Morgan fingerprint density at radius 2 is 1.09 bits per heavy atom. The Hall–Kier alpha value is -3.02. The molecule has 4 aromatic rings. The zero-order valence-electron chi connectivity index (χ0n) is 11.0. The molecular formula is C16H8F2N2O2. The van der Waals surface area contributed by atoms with Gasteiger partial charge in [-0.1, -0.05) is 0 Å². The average molecular weight is 298 g/mol. The van der Waals surface area contributed by atoms with Gasteiger partial charge in [-0.25, -0.2) is 8.78 Å². The maximum Gasteiger partial charge on any atom is 0.213 e. The van der Waals surface area contributed by atoms with E-state index in [-0.39, 0.29) is 21.8 Å². The molecule has 22 heavy (non-hydrogen) atoms. The summed E-state index contributed by atoms with van der Waals surface area (Å²) in [6.45, 7) is 0. The van der Waals surface area contributed by atoms with Gasteiger partial charge in [-0.05, 0) is 36.4 Å². The molecule has 0 unspecified atom stereocenters. The fraction of sp³-hybridized carbons (Fsp3) is 0. The summed E-state index contributed by atoms with van der Waals surface area (Å²) in [7, 11) is 0. The van der Waals surface area contributed by atoms with Gasteiger partial charge in [0.1, 0.15) is 22.7 Å². The maximum absolute atomic E-state index is 13.3. The number of aromatic amines is 2. The molecule has 108 valence electrons. The Morgan fingerprint density at radius 1 is 0.682 bits per heavy atom. The van der Waals surface area contributed by atoms with Gasteiger partial charge in [-0.3, -0.25) is 9.59 Å². The number of hydrogen-bond acceptors (Lipinski definition) is 2. The van der Waals surface area contributed by atoms with Crippen LogP contribution in [-0.4, -0.2) is 9.97 Å². The number of nitrogens with one attached hydrogen (secondary N) is 2. The molecule has 2 aromatic carbocycles. The van der Waals surface area contributed by atoms with Crippen molar-refractivity contribution in [2.24, 2.45) is 0 Å². The fourth-order valence-electron chi connectivity index (χ4n) is 2.63. The molecule has 0 fully saturated rings. The lowest BCUT2D eigenvalue weighted by molar-refractivity contribution is 0.629. The molecular weight excluding hydrogens is 290 g/mol. The Bertz CT molecular complexity index is 1100. The highest BCUT2D eigenvalue weighted by molar-refractivity contribution is 5.96. The van der Waals surface area contributed by atoms with Crippen molar-refractivity contribution in [1.29, 1.82) is 0 Å². The van der Waals surface area contributed by atoms with Gasteiger partial charge in [0.15, 0.2) is 0 Å². The number of H-pyrrole nitrogens is 2. The van der Waals surface area contributed by atoms with Crippen LogP contribution in [0.25, 0.3) is 32.8 Å². The van der Waals surface area contributed by atoms with E-state index < -0.39 is 22.5 Å². The minimum atomic E-state index is -0.539. The molecule has 0 atom stereocenters. The van der Waals surface area contributed by atoms with Gasteiger partial charge in [0, 0.05) is 0 Å². The van der Waals surface area contributed by atoms with Gasteiger partial charge in [0.25, 0.3) is 0 Å². The lowest BCUT2D eigenvalue weighted by Crippen LogP contribution is -2.14. The van der Waals surface area contributed by atoms with Gasteiger partial charge in [-0.15, -0.1) is 0 Å². The molecule has 0 aliphatic rings. The minimum absolute atomic E-state index is 0.0437. The van der Waals surface area contributed by atoms with Crippen LogP contribution in [0.15, 0.2) is 46.0 Å². The lowest BCUT2D eigenvalue weighted by atomic mass is 10.1. The summed E-state index contributed by atoms with van der Waals surface area (Å²) in [4.78, 5) is 30.6. The molecule has 0 amide bonds. The molecule has 0 saturated carbocycles. The Balaban J connectivity index is 2.31. The molecule has 4 nitrogen and oxygen atoms in total. The van der Waals surface area contributed by atoms with Gasteiger partial charge < -0.3 is 9.97 Å². The van der Waals surface area contributed by atoms with E-state index in [0.717, 1.165) is 12.1 Å². The number of aromatic nitrogens is 2. The van der Waals surface area contributed by atoms with Crippen LogP contribution in [0.1, 0.15) is 0 Å². The van der Waals surface area contributed by atoms with Gasteiger partial charge >= 0.3 is 0 Å². The smallest absolute Gasteiger partial charge is 0.213 e. The second-order valence-electron chi connectivity index (χ2n) is 5.04. The van der Waals surface area contributed by atoms with Crippen molar-refractivity contribution in [2.45, 2.75) is 0 Å². The molecule has 0 radical (unpaired) electrons. The molecule has 6 heteroatoms. The Kier molecular flexibility index (Phi) is 2.45. The van der Waals surface area contributed by atoms with Crippen molar-refractivity contribution < 1.29 is 8.78 Å². The van der Waals surface area contributed by atoms with Crippen molar-refractivity contribution in [3.63, 3.8) is 0 Å². The summed E-state index contributed by atoms with van der Waals surface area (Å²) < 4.78 is 26.7. The van der Waals surface area contributed by atoms with Crippen molar-refractivity contribution >= 4 is 32.8 Å². The number of fused-ring (bicyclic) bond motifs is 3. The monoisotopic (exact) mass is 298 g/mol. The van der Waals surface area contributed by atoms with Crippen LogP contribution in [0.5, 0.6) is 0 Å². The molecule has 4 rings (SSSR count). The molecule has 0 aliphatic carbocycles. The van der Waals surface area contributed by atoms with Crippen LogP contribution < -0.4 is 10.9 Å². The second-order valence-corrected chi connectivity index (χ2v) is 5.04. The topological polar surface area (TPSA) is 65.7 Å². The van der Waals surface area contributed by atoms with Crippen LogP contribution in [-0.2, 0) is 0 Å². The third-order valence-corrected chi connectivity index (χ3v) is 3.68. The predicted octanol–water partition coefficient (Wildman–Crippen LogP) is 2.80. The first-order valence-electron chi connectivity index (χ1n) is 6.51. The van der Waals surface area contributed by atoms with Crippen molar-refractivity contribution in [1.82, 2.24) is 9.97 Å². The number of rotatable bonds is 0. The molecule has 2 N–H and O–H groups in total. The zero-order valence-corrected chi connectivity index (χ0v) is 11.0. The van der Waals surface area contributed by atoms with Crippen molar-refractivity contribution in [3.8, 4) is 0 Å². The second kappa shape index (κ2) is 4.24. The van der Waals surface area contributed by atoms with E-state index >= 15 is 0 Å². The van der Waals surface area contributed by atoms with Crippen LogP contribution in [0.4, 0.5) is 8.78 Å². The highest BCUT2D eigenvalue weighted by atomic mass is 19.1. The standard InChI is InChI=1S/C16H8F2N2O2/c17-7-1-3-11-9(5-7)15(21)14-13(19-11)16(22)10-6-8(18)2-4-12(10)20-14/h1-6H,(H,19,21)(H,20,22). The van der Waals surface area contributed by atoms with Crippen molar-refractivity contribution in [3.05, 3.63) is 68.5 Å². The first kappa shape index (κ1) is 12.7. The van der Waals surface area contributed by atoms with Crippen LogP contribution in [0.3, 0.4) is 0 Å². The minimum Gasteiger partial charge on any atom is -0.350 e. The first-order valence-corrected chi connectivity index (χ1v) is 6.51. The normalized spacial score (nSPS) is 11.5. The van der Waals surface area contributed by atoms with Gasteiger partial charge in [-0.2, -0.15) is 0 Å². The molecule has 2 aromatic heterocycles. The maximum atomic E-state index is 13.3. The Labute approximate surface area is 121 Å². The van der Waals surface area contributed by atoms with Gasteiger partial charge in [0.05, 0.1) is 21.8 Å². The van der Waals surface area contributed by atoms with E-state index in [2.05, 4.69) is 9.97 Å². The molecule has 2 heterocycles. The van der Waals surface area contributed by atoms with Crippen LogP contribution in [0, 0.1) is 11.6 Å². The number of pyridine rings is 2. The predicted molar refractivity (Wildman–Crippen MR) is 80.1 cm³/mol. The Morgan fingerprint density at radius 3 is 1.50 bits per heavy atom. The SMILES string of the molecule is O=c1c2cc(F)ccc2[nH]c2c(=O)c3cc(F)ccc3[nH]c12. The van der Waals surface area contributed by atoms with E-state index in [4.69, 9.17) is 0 Å². The van der Waals surface area contributed by atoms with E-state index in [1.807, 2.05) is 0 Å². The van der Waals surface area contributed by atoms with E-state index in [1.54, 1.807) is 0 Å². The summed E-state index contributed by atoms with van der Waals surface area (Å²) in [5, 5.41) is 0.286. The highest BCUT2D eigenvalue weighted by Gasteiger charge is 2.12. The van der Waals surface area contributed by atoms with Crippen LogP contribution in [0.2, 0.25) is 0 Å². The molecule has 0 spiro atoms. The zero-order chi connectivity index (χ0) is 15.4. The van der Waals surface area contributed by atoms with Crippen molar-refractivity contribution in [2.75, 3.05) is 0 Å². The number of hydrogen-bond donors (Lipinski definition) is 2. The summed E-state index contributed by atoms with van der Waals surface area (Å²) >= 11 is 0. The lowest BCUT2D eigenvalue weighted by Gasteiger charge is -2.05. The van der Waals surface area contributed by atoms with Crippen LogP contribution >= 0.6 is 0 Å². The quantitative estimate of drug-likeness (QED) is 0.490. The summed E-state index contributed by atoms with van der Waals surface area (Å²) in [5.74, 6) is -1.08. The molecule has 0 aliphatic heterocycles. The third-order valence-electron chi connectivity index (χ3n) is 3.68. The van der Waals surface area contributed by atoms with E-state index in [9.17, 15) is 18.4 Å².